The van der Waals surface area contributed by atoms with Gasteiger partial charge in [0.25, 0.3) is 0 Å². The van der Waals surface area contributed by atoms with Gasteiger partial charge >= 0.3 is 16.2 Å². The third-order valence-corrected chi connectivity index (χ3v) is 18.6. The highest BCUT2D eigenvalue weighted by atomic mass is 32.2. The lowest BCUT2D eigenvalue weighted by atomic mass is 9.79. The minimum absolute atomic E-state index is 0.0582. The maximum Gasteiger partial charge on any atom is 0.410 e. The molecule has 0 aromatic heterocycles. The van der Waals surface area contributed by atoms with Gasteiger partial charge in [0.2, 0.25) is 5.69 Å². The number of ether oxygens (including phenoxy) is 1. The van der Waals surface area contributed by atoms with E-state index >= 15 is 0 Å². The molecule has 4 aromatic carbocycles. The highest BCUT2D eigenvalue weighted by molar-refractivity contribution is 7.86. The maximum absolute atomic E-state index is 13.6. The van der Waals surface area contributed by atoms with Crippen molar-refractivity contribution in [2.45, 2.75) is 111 Å². The van der Waals surface area contributed by atoms with E-state index in [2.05, 4.69) is 122 Å². The van der Waals surface area contributed by atoms with Crippen LogP contribution in [0, 0.1) is 0 Å². The number of rotatable bonds is 23. The van der Waals surface area contributed by atoms with Gasteiger partial charge in [-0.05, 0) is 125 Å². The molecule has 0 atom stereocenters. The van der Waals surface area contributed by atoms with Gasteiger partial charge in [-0.2, -0.15) is 17.6 Å². The minimum atomic E-state index is -4.41. The molecule has 2 N–H and O–H groups in total. The zero-order chi connectivity index (χ0) is 54.5. The molecule has 0 unspecified atom stereocenters. The minimum Gasteiger partial charge on any atom is -0.748 e. The summed E-state index contributed by atoms with van der Waals surface area (Å²) in [5, 5.41) is 13.7. The Labute approximate surface area is 452 Å². The number of carbonyl (C=O) groups is 1. The molecule has 4 aliphatic rings. The number of hydroxylamine groups is 3. The van der Waals surface area contributed by atoms with Crippen molar-refractivity contribution in [3.05, 3.63) is 131 Å². The van der Waals surface area contributed by atoms with Crippen LogP contribution in [-0.4, -0.2) is 136 Å². The zero-order valence-electron chi connectivity index (χ0n) is 45.9. The lowest BCUT2D eigenvalue weighted by molar-refractivity contribution is -1.08. The van der Waals surface area contributed by atoms with E-state index in [4.69, 9.17) is 14.1 Å². The Bertz CT molecular complexity index is 3170. The van der Waals surface area contributed by atoms with Crippen molar-refractivity contribution in [3.63, 3.8) is 0 Å². The van der Waals surface area contributed by atoms with Crippen LogP contribution in [0.5, 0.6) is 0 Å². The molecule has 410 valence electrons. The number of nitrogens with zero attached hydrogens (tertiary/aromatic N) is 4. The van der Waals surface area contributed by atoms with Crippen molar-refractivity contribution in [2.24, 2.45) is 0 Å². The number of hydrogen-bond acceptors (Lipinski definition) is 10. The summed E-state index contributed by atoms with van der Waals surface area (Å²) >= 11 is 0. The first-order valence-electron chi connectivity index (χ1n) is 27.7. The summed E-state index contributed by atoms with van der Waals surface area (Å²) in [6, 6.07) is 25.3. The monoisotopic (exact) mass is 1080 g/mol. The summed E-state index contributed by atoms with van der Waals surface area (Å²) in [5.41, 5.74) is 9.24. The van der Waals surface area contributed by atoms with Gasteiger partial charge in [0, 0.05) is 71.0 Å². The SMILES string of the molecule is CC[N+](CC)(CC)OS(=O)(=O)CCCN1C(=CC=C2CCC(C=CC3=[N+](CCCS(=O)(=O)[O-])c4ccc5ccccc5c4C3(C)C)=C2[NH+]2CCN(C(=O)OCCCCCCO)CC2)C(C)(C)c2c1ccc1ccccc21. The van der Waals surface area contributed by atoms with E-state index < -0.39 is 36.8 Å². The van der Waals surface area contributed by atoms with Crippen molar-refractivity contribution in [2.75, 3.05) is 88.5 Å². The second kappa shape index (κ2) is 23.8. The summed E-state index contributed by atoms with van der Waals surface area (Å²) in [5.74, 6) is -0.556. The lowest BCUT2D eigenvalue weighted by Crippen LogP contribution is -3.13. The summed E-state index contributed by atoms with van der Waals surface area (Å²) in [7, 11) is -8.25. The lowest BCUT2D eigenvalue weighted by Gasteiger charge is -2.32. The van der Waals surface area contributed by atoms with E-state index in [1.54, 1.807) is 0 Å². The van der Waals surface area contributed by atoms with Crippen molar-refractivity contribution < 1.29 is 54.4 Å². The van der Waals surface area contributed by atoms with Crippen molar-refractivity contribution in [1.29, 1.82) is 0 Å². The Hall–Kier alpha value is -5.20. The van der Waals surface area contributed by atoms with Crippen LogP contribution < -0.4 is 9.80 Å². The van der Waals surface area contributed by atoms with Gasteiger partial charge in [-0.1, -0.05) is 85.2 Å². The molecule has 0 bridgehead atoms. The number of fused-ring (bicyclic) bond motifs is 6. The molecule has 0 saturated carbocycles. The predicted molar refractivity (Wildman–Crippen MR) is 302 cm³/mol. The third kappa shape index (κ3) is 12.2. The molecule has 4 aromatic rings. The average molecular weight is 1080 g/mol. The van der Waals surface area contributed by atoms with Gasteiger partial charge in [-0.25, -0.2) is 13.2 Å². The molecule has 0 spiro atoms. The van der Waals surface area contributed by atoms with Gasteiger partial charge in [0.1, 0.15) is 31.9 Å². The Morgan fingerprint density at radius 2 is 1.41 bits per heavy atom. The Morgan fingerprint density at radius 1 is 0.763 bits per heavy atom. The van der Waals surface area contributed by atoms with Crippen LogP contribution in [0.2, 0.25) is 0 Å². The number of aliphatic hydroxyl groups is 1. The predicted octanol–water partition coefficient (Wildman–Crippen LogP) is 8.93. The fraction of sp³-hybridized carbons (Fsp3) is 0.500. The van der Waals surface area contributed by atoms with E-state index in [0.717, 1.165) is 77.5 Å². The molecule has 1 aliphatic carbocycles. The van der Waals surface area contributed by atoms with Gasteiger partial charge in [0.05, 0.1) is 54.1 Å². The Balaban J connectivity index is 1.17. The van der Waals surface area contributed by atoms with Crippen LogP contribution in [0.3, 0.4) is 0 Å². The highest BCUT2D eigenvalue weighted by Gasteiger charge is 2.46. The Kier molecular flexibility index (Phi) is 17.9. The summed E-state index contributed by atoms with van der Waals surface area (Å²) < 4.78 is 76.7. The second-order valence-corrected chi connectivity index (χ2v) is 25.1. The van der Waals surface area contributed by atoms with Crippen molar-refractivity contribution in [1.82, 2.24) is 4.90 Å². The third-order valence-electron chi connectivity index (χ3n) is 16.5. The number of quaternary nitrogens is 2. The topological polar surface area (TPSA) is 161 Å². The first kappa shape index (κ1) is 57.0. The molecular weight excluding hydrogens is 999 g/mol. The number of unbranched alkanes of at least 4 members (excludes halogenated alkanes) is 3. The number of hydrogen-bond donors (Lipinski definition) is 2. The fourth-order valence-corrected chi connectivity index (χ4v) is 14.2. The number of nitrogens with one attached hydrogen (secondary N) is 1. The van der Waals surface area contributed by atoms with E-state index in [-0.39, 0.29) is 29.5 Å². The molecule has 3 aliphatic heterocycles. The molecule has 16 heteroatoms. The molecule has 1 amide bonds. The molecule has 1 saturated heterocycles. The fourth-order valence-electron chi connectivity index (χ4n) is 12.4. The number of allylic oxidation sites excluding steroid dienone is 7. The quantitative estimate of drug-likeness (QED) is 0.0241. The molecule has 0 radical (unpaired) electrons. The van der Waals surface area contributed by atoms with Gasteiger partial charge in [-0.3, -0.25) is 9.80 Å². The number of carbonyl (C=O) groups excluding carboxylic acids is 1. The number of piperazine rings is 1. The van der Waals surface area contributed by atoms with Crippen LogP contribution in [0.4, 0.5) is 16.2 Å². The van der Waals surface area contributed by atoms with E-state index in [9.17, 15) is 26.2 Å². The van der Waals surface area contributed by atoms with Crippen molar-refractivity contribution >= 4 is 65.0 Å². The number of aliphatic hydroxyl groups excluding tert-OH is 1. The zero-order valence-corrected chi connectivity index (χ0v) is 47.5. The van der Waals surface area contributed by atoms with Gasteiger partial charge in [0.15, 0.2) is 5.71 Å². The second-order valence-electron chi connectivity index (χ2n) is 21.9. The standard InChI is InChI=1S/C60H80N5O9S2/c1-8-65(9-2,10-3)74-76(71,72)44-20-36-64-52-32-28-46-22-14-16-24-50(46)56(52)60(6,7)54(64)34-30-48-26-25-47(57(48)61-37-39-62(40-38-61)58(67)73-42-18-12-11-17-41-66)29-33-53-59(4,5)55-49-23-15-13-21-45(49)27-31-51(55)63(53)35-19-43-75(68,69)70/h13-16,21-24,27-34,66H,8-12,17-20,25-26,35-44H2,1-7H3/q+1/p+1. The average Bonchev–Trinajstić information content (AvgIpc) is 4.02. The first-order chi connectivity index (χ1) is 36.3. The van der Waals surface area contributed by atoms with E-state index in [0.29, 0.717) is 71.9 Å². The Morgan fingerprint density at radius 3 is 2.07 bits per heavy atom. The van der Waals surface area contributed by atoms with Crippen LogP contribution in [0.1, 0.15) is 111 Å². The van der Waals surface area contributed by atoms with Crippen LogP contribution in [0.25, 0.3) is 21.5 Å². The smallest absolute Gasteiger partial charge is 0.410 e. The molecule has 8 rings (SSSR count). The molecule has 14 nitrogen and oxygen atoms in total. The van der Waals surface area contributed by atoms with Gasteiger partial charge < -0.3 is 19.3 Å². The highest BCUT2D eigenvalue weighted by Crippen LogP contribution is 2.51. The largest absolute Gasteiger partial charge is 0.748 e. The normalized spacial score (nSPS) is 19.1. The first-order valence-corrected chi connectivity index (χ1v) is 30.8. The molecule has 76 heavy (non-hydrogen) atoms. The van der Waals surface area contributed by atoms with Crippen LogP contribution in [0.15, 0.2) is 120 Å². The summed E-state index contributed by atoms with van der Waals surface area (Å²) in [6.45, 7) is 20.3. The number of amides is 1. The molecule has 1 fully saturated rings. The summed E-state index contributed by atoms with van der Waals surface area (Å²) in [4.78, 5) is 18.7. The van der Waals surface area contributed by atoms with Gasteiger partial charge in [-0.15, -0.1) is 0 Å². The summed E-state index contributed by atoms with van der Waals surface area (Å²) in [6.07, 6.45) is 14.1. The number of benzene rings is 4. The van der Waals surface area contributed by atoms with E-state index in [1.165, 1.54) is 38.3 Å². The number of anilines is 1. The van der Waals surface area contributed by atoms with Crippen molar-refractivity contribution in [3.8, 4) is 0 Å². The van der Waals surface area contributed by atoms with Crippen LogP contribution in [-0.2, 0) is 40.1 Å². The van der Waals surface area contributed by atoms with E-state index in [1.807, 2.05) is 37.8 Å². The maximum atomic E-state index is 13.6. The van der Waals surface area contributed by atoms with Crippen LogP contribution >= 0.6 is 0 Å². The molecule has 3 heterocycles. The molecular formula is C60H81N5O9S2+2.